The van der Waals surface area contributed by atoms with Crippen LogP contribution in [0.25, 0.3) is 0 Å². The summed E-state index contributed by atoms with van der Waals surface area (Å²) in [6, 6.07) is 13.8. The Morgan fingerprint density at radius 3 is 2.05 bits per heavy atom. The Hall–Kier alpha value is -2.67. The summed E-state index contributed by atoms with van der Waals surface area (Å²) in [7, 11) is 0. The highest BCUT2D eigenvalue weighted by Gasteiger charge is 2.39. The Balaban J connectivity index is 0.00000533. The van der Waals surface area contributed by atoms with Gasteiger partial charge in [-0.05, 0) is 47.3 Å². The molecule has 214 valence electrons. The zero-order chi connectivity index (χ0) is 28.3. The van der Waals surface area contributed by atoms with E-state index >= 15 is 0 Å². The van der Waals surface area contributed by atoms with Crippen LogP contribution in [0.3, 0.4) is 0 Å². The molecule has 2 unspecified atom stereocenters. The zero-order valence-electron chi connectivity index (χ0n) is 24.5. The first-order valence-electron chi connectivity index (χ1n) is 13.7. The number of aliphatic imine (C=N–C) groups is 1. The van der Waals surface area contributed by atoms with E-state index in [1.807, 2.05) is 76.8 Å². The molecule has 1 fully saturated rings. The molecule has 7 heteroatoms. The first-order valence-corrected chi connectivity index (χ1v) is 13.7. The summed E-state index contributed by atoms with van der Waals surface area (Å²) >= 11 is 0. The molecule has 2 N–H and O–H groups in total. The molecule has 3 rings (SSSR count). The monoisotopic (exact) mass is 600 g/mol. The van der Waals surface area contributed by atoms with Gasteiger partial charge in [-0.15, -0.1) is 17.0 Å². The number of halogens is 1. The van der Waals surface area contributed by atoms with Crippen molar-refractivity contribution < 1.29 is 19.8 Å². The van der Waals surface area contributed by atoms with Crippen molar-refractivity contribution in [3.8, 4) is 5.75 Å². The van der Waals surface area contributed by atoms with Crippen molar-refractivity contribution in [3.05, 3.63) is 64.7 Å². The molecule has 1 aliphatic heterocycles. The minimum Gasteiger partial charge on any atom is -0.507 e. The lowest BCUT2D eigenvalue weighted by molar-refractivity contribution is -0.135. The Bertz CT molecular complexity index is 1140. The van der Waals surface area contributed by atoms with Crippen LogP contribution < -0.4 is 0 Å². The SMILES string of the molecule is Br.CCCC1CN(CC(=O)c2cc(C(C)(C)C)c(O)c(C(C)(C)C)c2)C(=NCC(=O)O)C1Cc1ccccc1. The molecular formula is C32H45BrN2O4. The Labute approximate surface area is 244 Å². The predicted molar refractivity (Wildman–Crippen MR) is 164 cm³/mol. The number of likely N-dealkylation sites (tertiary alicyclic amines) is 1. The molecule has 1 saturated heterocycles. The van der Waals surface area contributed by atoms with Crippen LogP contribution in [-0.4, -0.2) is 52.3 Å². The predicted octanol–water partition coefficient (Wildman–Crippen LogP) is 6.82. The van der Waals surface area contributed by atoms with Gasteiger partial charge in [-0.3, -0.25) is 14.6 Å². The number of amidine groups is 1. The van der Waals surface area contributed by atoms with E-state index in [-0.39, 0.29) is 64.3 Å². The zero-order valence-corrected chi connectivity index (χ0v) is 26.2. The number of carbonyl (C=O) groups is 2. The maximum Gasteiger partial charge on any atom is 0.325 e. The molecule has 0 bridgehead atoms. The van der Waals surface area contributed by atoms with Crippen LogP contribution in [0.1, 0.15) is 88.4 Å². The van der Waals surface area contributed by atoms with Crippen molar-refractivity contribution in [3.63, 3.8) is 0 Å². The minimum atomic E-state index is -0.982. The van der Waals surface area contributed by atoms with Gasteiger partial charge < -0.3 is 15.1 Å². The lowest BCUT2D eigenvalue weighted by atomic mass is 9.78. The second-order valence-corrected chi connectivity index (χ2v) is 12.6. The number of nitrogens with zero attached hydrogens (tertiary/aromatic N) is 2. The van der Waals surface area contributed by atoms with Gasteiger partial charge in [0.2, 0.25) is 0 Å². The summed E-state index contributed by atoms with van der Waals surface area (Å²) in [5, 5.41) is 20.5. The highest BCUT2D eigenvalue weighted by Crippen LogP contribution is 2.40. The summed E-state index contributed by atoms with van der Waals surface area (Å²) in [6.45, 7) is 14.8. The number of phenols is 1. The molecule has 0 amide bonds. The van der Waals surface area contributed by atoms with Crippen molar-refractivity contribution >= 4 is 34.6 Å². The fourth-order valence-electron chi connectivity index (χ4n) is 5.45. The van der Waals surface area contributed by atoms with Crippen LogP contribution in [0.5, 0.6) is 5.75 Å². The van der Waals surface area contributed by atoms with Crippen LogP contribution in [0, 0.1) is 11.8 Å². The number of benzene rings is 2. The normalized spacial score (nSPS) is 18.7. The number of phenolic OH excluding ortho intramolecular Hbond substituents is 1. The van der Waals surface area contributed by atoms with Crippen LogP contribution in [-0.2, 0) is 22.0 Å². The van der Waals surface area contributed by atoms with Gasteiger partial charge in [-0.1, -0.05) is 85.2 Å². The fourth-order valence-corrected chi connectivity index (χ4v) is 5.45. The smallest absolute Gasteiger partial charge is 0.325 e. The average molecular weight is 602 g/mol. The molecule has 2 atom stereocenters. The molecular weight excluding hydrogens is 556 g/mol. The maximum absolute atomic E-state index is 13.8. The summed E-state index contributed by atoms with van der Waals surface area (Å²) in [4.78, 5) is 31.8. The molecule has 0 aliphatic carbocycles. The summed E-state index contributed by atoms with van der Waals surface area (Å²) < 4.78 is 0. The molecule has 6 nitrogen and oxygen atoms in total. The summed E-state index contributed by atoms with van der Waals surface area (Å²) in [5.41, 5.74) is 2.57. The van der Waals surface area contributed by atoms with Gasteiger partial charge in [0.15, 0.2) is 5.78 Å². The van der Waals surface area contributed by atoms with E-state index in [2.05, 4.69) is 24.0 Å². The fraction of sp³-hybridized carbons (Fsp3) is 0.531. The molecule has 1 aliphatic rings. The number of rotatable bonds is 9. The molecule has 2 aromatic rings. The van der Waals surface area contributed by atoms with Crippen LogP contribution in [0.4, 0.5) is 0 Å². The van der Waals surface area contributed by atoms with Crippen molar-refractivity contribution in [2.45, 2.75) is 78.6 Å². The lowest BCUT2D eigenvalue weighted by Crippen LogP contribution is -2.34. The number of aromatic hydroxyl groups is 1. The molecule has 39 heavy (non-hydrogen) atoms. The van der Waals surface area contributed by atoms with E-state index in [4.69, 9.17) is 0 Å². The third-order valence-corrected chi connectivity index (χ3v) is 7.40. The molecule has 1 heterocycles. The van der Waals surface area contributed by atoms with Crippen molar-refractivity contribution in [2.24, 2.45) is 16.8 Å². The second-order valence-electron chi connectivity index (χ2n) is 12.6. The van der Waals surface area contributed by atoms with E-state index in [1.54, 1.807) is 0 Å². The lowest BCUT2D eigenvalue weighted by Gasteiger charge is -2.28. The van der Waals surface area contributed by atoms with Crippen LogP contribution in [0.15, 0.2) is 47.5 Å². The Kier molecular flexibility index (Phi) is 10.9. The molecule has 0 aromatic heterocycles. The molecule has 0 radical (unpaired) electrons. The maximum atomic E-state index is 13.8. The average Bonchev–Trinajstić information content (AvgIpc) is 3.12. The number of aliphatic carboxylic acids is 1. The van der Waals surface area contributed by atoms with E-state index in [0.717, 1.165) is 30.4 Å². The molecule has 0 spiro atoms. The topological polar surface area (TPSA) is 90.2 Å². The first-order chi connectivity index (χ1) is 17.7. The Morgan fingerprint density at radius 1 is 1.00 bits per heavy atom. The number of carboxylic acid groups (broad SMARTS) is 1. The van der Waals surface area contributed by atoms with Crippen LogP contribution in [0.2, 0.25) is 0 Å². The Morgan fingerprint density at radius 2 is 1.56 bits per heavy atom. The summed E-state index contributed by atoms with van der Waals surface area (Å²) in [5.74, 6) is 0.269. The van der Waals surface area contributed by atoms with E-state index < -0.39 is 5.97 Å². The number of carboxylic acids is 1. The highest BCUT2D eigenvalue weighted by atomic mass is 79.9. The van der Waals surface area contributed by atoms with Gasteiger partial charge in [-0.25, -0.2) is 0 Å². The van der Waals surface area contributed by atoms with E-state index in [9.17, 15) is 19.8 Å². The van der Waals surface area contributed by atoms with Crippen molar-refractivity contribution in [1.82, 2.24) is 4.90 Å². The van der Waals surface area contributed by atoms with Gasteiger partial charge >= 0.3 is 5.97 Å². The minimum absolute atomic E-state index is 0. The first kappa shape index (κ1) is 32.5. The van der Waals surface area contributed by atoms with E-state index in [0.29, 0.717) is 17.9 Å². The highest BCUT2D eigenvalue weighted by molar-refractivity contribution is 8.93. The van der Waals surface area contributed by atoms with Crippen molar-refractivity contribution in [1.29, 1.82) is 0 Å². The number of hydrogen-bond acceptors (Lipinski definition) is 4. The standard InChI is InChI=1S/C32H44N2O4.BrH/c1-8-12-22-19-34(30(33-18-28(36)37)24(22)15-21-13-10-9-11-14-21)20-27(35)23-16-25(31(2,3)4)29(38)26(17-23)32(5,6)7;/h9-11,13-14,16-17,22,24,38H,8,12,15,18-20H2,1-7H3,(H,36,37);1H. The van der Waals surface area contributed by atoms with Crippen LogP contribution >= 0.6 is 17.0 Å². The van der Waals surface area contributed by atoms with Gasteiger partial charge in [0.25, 0.3) is 0 Å². The summed E-state index contributed by atoms with van der Waals surface area (Å²) in [6.07, 6.45) is 2.75. The van der Waals surface area contributed by atoms with Gasteiger partial charge in [-0.2, -0.15) is 0 Å². The second kappa shape index (κ2) is 13.1. The van der Waals surface area contributed by atoms with Gasteiger partial charge in [0.05, 0.1) is 6.54 Å². The van der Waals surface area contributed by atoms with Crippen molar-refractivity contribution in [2.75, 3.05) is 19.6 Å². The number of hydrogen-bond donors (Lipinski definition) is 2. The van der Waals surface area contributed by atoms with E-state index in [1.165, 1.54) is 5.56 Å². The van der Waals surface area contributed by atoms with Gasteiger partial charge in [0.1, 0.15) is 18.1 Å². The number of carbonyl (C=O) groups excluding carboxylic acids is 1. The van der Waals surface area contributed by atoms with Gasteiger partial charge in [0, 0.05) is 29.2 Å². The largest absolute Gasteiger partial charge is 0.507 e. The third-order valence-electron chi connectivity index (χ3n) is 7.40. The number of Topliss-reactive ketones (excluding diaryl/α,β-unsaturated/α-hetero) is 1. The number of ketones is 1. The third kappa shape index (κ3) is 8.17. The quantitative estimate of drug-likeness (QED) is 0.308. The molecule has 0 saturated carbocycles. The molecule has 2 aromatic carbocycles.